The number of methoxy groups -OCH3 is 1. The van der Waals surface area contributed by atoms with Gasteiger partial charge >= 0.3 is 0 Å². The lowest BCUT2D eigenvalue weighted by atomic mass is 10.2. The van der Waals surface area contributed by atoms with Crippen molar-refractivity contribution in [3.8, 4) is 11.5 Å². The van der Waals surface area contributed by atoms with Gasteiger partial charge in [-0.1, -0.05) is 34.1 Å². The highest BCUT2D eigenvalue weighted by molar-refractivity contribution is 14.1. The number of hydrogen-bond donors (Lipinski definition) is 1. The molecule has 0 bridgehead atoms. The first-order valence-electron chi connectivity index (χ1n) is 8.80. The number of nitrogens with zero attached hydrogens (tertiary/aromatic N) is 1. The van der Waals surface area contributed by atoms with Gasteiger partial charge in [0.15, 0.2) is 11.5 Å². The molecule has 0 saturated carbocycles. The summed E-state index contributed by atoms with van der Waals surface area (Å²) in [4.78, 5) is 12.2. The quantitative estimate of drug-likeness (QED) is 0.190. The van der Waals surface area contributed by atoms with Gasteiger partial charge in [0.2, 0.25) is 0 Å². The van der Waals surface area contributed by atoms with Crippen LogP contribution in [0.4, 0.5) is 0 Å². The molecule has 0 aliphatic rings. The van der Waals surface area contributed by atoms with Crippen LogP contribution >= 0.6 is 54.5 Å². The molecule has 5 nitrogen and oxygen atoms in total. The first kappa shape index (κ1) is 22.8. The van der Waals surface area contributed by atoms with Crippen molar-refractivity contribution < 1.29 is 14.3 Å². The van der Waals surface area contributed by atoms with Crippen molar-refractivity contribution in [3.05, 3.63) is 89.9 Å². The first-order valence-corrected chi connectivity index (χ1v) is 11.5. The van der Waals surface area contributed by atoms with Gasteiger partial charge in [-0.2, -0.15) is 5.10 Å². The molecule has 0 spiro atoms. The van der Waals surface area contributed by atoms with Gasteiger partial charge in [0, 0.05) is 13.6 Å². The van der Waals surface area contributed by atoms with Gasteiger partial charge < -0.3 is 9.47 Å². The summed E-state index contributed by atoms with van der Waals surface area (Å²) in [5, 5.41) is 4.05. The maximum absolute atomic E-state index is 12.2. The molecule has 0 aromatic heterocycles. The van der Waals surface area contributed by atoms with E-state index >= 15 is 0 Å². The summed E-state index contributed by atoms with van der Waals surface area (Å²) in [5.74, 6) is 0.887. The molecule has 0 aliphatic heterocycles. The highest BCUT2D eigenvalue weighted by Crippen LogP contribution is 2.36. The summed E-state index contributed by atoms with van der Waals surface area (Å²) < 4.78 is 14.1. The van der Waals surface area contributed by atoms with Crippen molar-refractivity contribution in [1.82, 2.24) is 5.43 Å². The Balaban J connectivity index is 1.69. The van der Waals surface area contributed by atoms with Crippen molar-refractivity contribution in [1.29, 1.82) is 0 Å². The van der Waals surface area contributed by atoms with Crippen molar-refractivity contribution in [3.63, 3.8) is 0 Å². The average molecular weight is 644 g/mol. The van der Waals surface area contributed by atoms with E-state index in [0.29, 0.717) is 23.7 Å². The van der Waals surface area contributed by atoms with E-state index in [1.54, 1.807) is 31.5 Å². The fourth-order valence-corrected chi connectivity index (χ4v) is 3.93. The number of carbonyl (C=O) groups is 1. The van der Waals surface area contributed by atoms with Crippen LogP contribution in [0.15, 0.2) is 74.7 Å². The minimum atomic E-state index is -0.273. The number of amides is 1. The Morgan fingerprint density at radius 3 is 2.60 bits per heavy atom. The first-order chi connectivity index (χ1) is 14.5. The number of benzene rings is 3. The molecule has 0 unspecified atom stereocenters. The van der Waals surface area contributed by atoms with Crippen LogP contribution in [-0.4, -0.2) is 19.2 Å². The van der Waals surface area contributed by atoms with Crippen LogP contribution in [0.2, 0.25) is 0 Å². The Hall–Kier alpha value is -1.91. The Morgan fingerprint density at radius 1 is 1.13 bits per heavy atom. The number of rotatable bonds is 7. The molecule has 0 heterocycles. The van der Waals surface area contributed by atoms with Crippen LogP contribution in [-0.2, 0) is 6.61 Å². The predicted octanol–water partition coefficient (Wildman–Crippen LogP) is 6.17. The van der Waals surface area contributed by atoms with E-state index in [-0.39, 0.29) is 5.91 Å². The van der Waals surface area contributed by atoms with Crippen LogP contribution in [0.3, 0.4) is 0 Å². The van der Waals surface area contributed by atoms with Crippen molar-refractivity contribution in [2.75, 3.05) is 7.11 Å². The second-order valence-corrected chi connectivity index (χ2v) is 9.17. The Labute approximate surface area is 205 Å². The zero-order valence-electron chi connectivity index (χ0n) is 15.9. The van der Waals surface area contributed by atoms with Crippen LogP contribution in [0.25, 0.3) is 0 Å². The number of carbonyl (C=O) groups excluding carboxylic acids is 1. The molecule has 1 amide bonds. The Bertz CT molecular complexity index is 1070. The summed E-state index contributed by atoms with van der Waals surface area (Å²) in [6.45, 7) is 0.404. The van der Waals surface area contributed by atoms with E-state index < -0.39 is 0 Å². The normalized spacial score (nSPS) is 10.8. The van der Waals surface area contributed by atoms with Gasteiger partial charge in [-0.05, 0) is 92.1 Å². The molecule has 3 rings (SSSR count). The Morgan fingerprint density at radius 2 is 1.90 bits per heavy atom. The lowest BCUT2D eigenvalue weighted by Crippen LogP contribution is -2.17. The minimum absolute atomic E-state index is 0.273. The van der Waals surface area contributed by atoms with Gasteiger partial charge in [0.05, 0.1) is 17.8 Å². The van der Waals surface area contributed by atoms with E-state index in [4.69, 9.17) is 9.47 Å². The molecular weight excluding hydrogens is 627 g/mol. The zero-order chi connectivity index (χ0) is 21.5. The third kappa shape index (κ3) is 6.29. The number of hydrogen-bond acceptors (Lipinski definition) is 4. The van der Waals surface area contributed by atoms with Gasteiger partial charge in [0.25, 0.3) is 5.91 Å². The second kappa shape index (κ2) is 10.9. The predicted molar refractivity (Wildman–Crippen MR) is 133 cm³/mol. The second-order valence-electron chi connectivity index (χ2n) is 6.16. The standard InChI is InChI=1S/C22H17Br2IN2O3/c1-29-20-10-15(12-26-27-22(28)16-3-2-4-18(25)11-16)9-19(24)21(20)30-13-14-5-7-17(23)8-6-14/h2-12H,13H2,1H3,(H,27,28)/b26-12-. The fourth-order valence-electron chi connectivity index (χ4n) is 2.55. The highest BCUT2D eigenvalue weighted by atomic mass is 127. The third-order valence-electron chi connectivity index (χ3n) is 4.01. The fraction of sp³-hybridized carbons (Fsp3) is 0.0909. The molecular formula is C22H17Br2IN2O3. The topological polar surface area (TPSA) is 59.9 Å². The van der Waals surface area contributed by atoms with Crippen molar-refractivity contribution >= 4 is 66.6 Å². The molecule has 0 saturated heterocycles. The third-order valence-corrected chi connectivity index (χ3v) is 5.80. The molecule has 30 heavy (non-hydrogen) atoms. The van der Waals surface area contributed by atoms with Gasteiger partial charge in [-0.15, -0.1) is 0 Å². The summed E-state index contributed by atoms with van der Waals surface area (Å²) in [6.07, 6.45) is 1.55. The van der Waals surface area contributed by atoms with Crippen molar-refractivity contribution in [2.45, 2.75) is 6.61 Å². The van der Waals surface area contributed by atoms with Gasteiger partial charge in [-0.3, -0.25) is 4.79 Å². The molecule has 0 fully saturated rings. The molecule has 8 heteroatoms. The van der Waals surface area contributed by atoms with E-state index in [0.717, 1.165) is 23.6 Å². The molecule has 1 N–H and O–H groups in total. The molecule has 154 valence electrons. The number of nitrogens with one attached hydrogen (secondary N) is 1. The summed E-state index contributed by atoms with van der Waals surface area (Å²) in [7, 11) is 1.58. The van der Waals surface area contributed by atoms with E-state index in [1.165, 1.54) is 0 Å². The molecule has 0 atom stereocenters. The lowest BCUT2D eigenvalue weighted by Gasteiger charge is -2.13. The van der Waals surface area contributed by atoms with E-state index in [9.17, 15) is 4.79 Å². The average Bonchev–Trinajstić information content (AvgIpc) is 2.73. The molecule has 0 radical (unpaired) electrons. The van der Waals surface area contributed by atoms with Crippen LogP contribution in [0.5, 0.6) is 11.5 Å². The smallest absolute Gasteiger partial charge is 0.271 e. The summed E-state index contributed by atoms with van der Waals surface area (Å²) >= 11 is 9.11. The molecule has 0 aliphatic carbocycles. The number of halogens is 3. The maximum Gasteiger partial charge on any atom is 0.271 e. The highest BCUT2D eigenvalue weighted by Gasteiger charge is 2.12. The van der Waals surface area contributed by atoms with Crippen LogP contribution < -0.4 is 14.9 Å². The van der Waals surface area contributed by atoms with Crippen LogP contribution in [0.1, 0.15) is 21.5 Å². The molecule has 3 aromatic carbocycles. The zero-order valence-corrected chi connectivity index (χ0v) is 21.2. The summed E-state index contributed by atoms with van der Waals surface area (Å²) in [5.41, 5.74) is 4.87. The SMILES string of the molecule is COc1cc(/C=N\NC(=O)c2cccc(I)c2)cc(Br)c1OCc1ccc(Br)cc1. The molecule has 3 aromatic rings. The number of ether oxygens (including phenoxy) is 2. The van der Waals surface area contributed by atoms with E-state index in [1.807, 2.05) is 42.5 Å². The van der Waals surface area contributed by atoms with Crippen molar-refractivity contribution in [2.24, 2.45) is 5.10 Å². The number of hydrazone groups is 1. The van der Waals surface area contributed by atoms with Crippen LogP contribution in [0, 0.1) is 3.57 Å². The van der Waals surface area contributed by atoms with E-state index in [2.05, 4.69) is 65.0 Å². The largest absolute Gasteiger partial charge is 0.493 e. The summed E-state index contributed by atoms with van der Waals surface area (Å²) in [6, 6.07) is 18.8. The maximum atomic E-state index is 12.2. The van der Waals surface area contributed by atoms with Gasteiger partial charge in [-0.25, -0.2) is 5.43 Å². The minimum Gasteiger partial charge on any atom is -0.493 e. The monoisotopic (exact) mass is 642 g/mol. The Kier molecular flexibility index (Phi) is 8.29. The van der Waals surface area contributed by atoms with Gasteiger partial charge in [0.1, 0.15) is 6.61 Å². The lowest BCUT2D eigenvalue weighted by molar-refractivity contribution is 0.0955.